The normalized spacial score (nSPS) is 22.1. The first-order valence-corrected chi connectivity index (χ1v) is 13.0. The minimum absolute atomic E-state index is 0. The van der Waals surface area contributed by atoms with Crippen LogP contribution in [0.4, 0.5) is 13.2 Å². The smallest absolute Gasteiger partial charge is 0.472 e. The number of ether oxygens (including phenoxy) is 2. The summed E-state index contributed by atoms with van der Waals surface area (Å²) in [5.41, 5.74) is -4.64. The Morgan fingerprint density at radius 3 is 1.32 bits per heavy atom. The van der Waals surface area contributed by atoms with Crippen molar-refractivity contribution < 1.29 is 52.7 Å². The van der Waals surface area contributed by atoms with E-state index in [1.54, 1.807) is 0 Å². The Hall–Kier alpha value is -2.40. The number of hydrogen-bond donors (Lipinski definition) is 1. The molecule has 0 unspecified atom stereocenters. The van der Waals surface area contributed by atoms with Gasteiger partial charge < -0.3 is 9.47 Å². The molecule has 0 amide bonds. The maximum absolute atomic E-state index is 10.7. The molecule has 2 heterocycles. The van der Waals surface area contributed by atoms with Gasteiger partial charge in [0.05, 0.1) is 0 Å². The van der Waals surface area contributed by atoms with Crippen molar-refractivity contribution in [3.05, 3.63) is 71.8 Å². The predicted octanol–water partition coefficient (Wildman–Crippen LogP) is 6.30. The molecule has 2 aromatic rings. The summed E-state index contributed by atoms with van der Waals surface area (Å²) in [4.78, 5) is 10.0. The van der Waals surface area contributed by atoms with E-state index in [0.29, 0.717) is 11.8 Å². The largest absolute Gasteiger partial charge is 0.522 e. The molecule has 0 fully saturated rings. The van der Waals surface area contributed by atoms with Crippen molar-refractivity contribution in [2.24, 2.45) is 15.4 Å². The molecular weight excluding hydrogens is 573 g/mol. The third-order valence-electron chi connectivity index (χ3n) is 6.12. The molecule has 2 aromatic carbocycles. The van der Waals surface area contributed by atoms with E-state index in [1.165, 1.54) is 0 Å². The van der Waals surface area contributed by atoms with Gasteiger partial charge in [0, 0.05) is 17.1 Å². The van der Waals surface area contributed by atoms with Crippen LogP contribution in [0.5, 0.6) is 0 Å². The van der Waals surface area contributed by atoms with Crippen LogP contribution in [0.2, 0.25) is 0 Å². The topological polar surface area (TPSA) is 97.6 Å². The summed E-state index contributed by atoms with van der Waals surface area (Å²) in [6.45, 7) is 12.5. The van der Waals surface area contributed by atoms with Gasteiger partial charge in [-0.15, -0.1) is 0 Å². The van der Waals surface area contributed by atoms with E-state index in [-0.39, 0.29) is 29.2 Å². The second kappa shape index (κ2) is 11.0. The molecule has 38 heavy (non-hydrogen) atoms. The number of halogens is 3. The van der Waals surface area contributed by atoms with Gasteiger partial charge in [0.25, 0.3) is 0 Å². The fraction of sp³-hybridized carbons (Fsp3) is 0.462. The number of benzene rings is 2. The van der Waals surface area contributed by atoms with E-state index in [4.69, 9.17) is 32.4 Å². The molecule has 0 aliphatic carbocycles. The van der Waals surface area contributed by atoms with Crippen LogP contribution in [0, 0.1) is 5.41 Å². The molecule has 0 aromatic heterocycles. The zero-order valence-corrected chi connectivity index (χ0v) is 23.5. The van der Waals surface area contributed by atoms with Crippen LogP contribution in [-0.2, 0) is 36.7 Å². The molecular formula is C26H31CuF3N2O5S. The summed E-state index contributed by atoms with van der Waals surface area (Å²) in [7, 11) is -5.84. The second-order valence-corrected chi connectivity index (χ2v) is 11.9. The monoisotopic (exact) mass is 603 g/mol. The molecule has 1 N–H and O–H groups in total. The van der Waals surface area contributed by atoms with Gasteiger partial charge in [-0.1, -0.05) is 60.7 Å². The fourth-order valence-corrected chi connectivity index (χ4v) is 4.10. The minimum atomic E-state index is -5.84. The molecule has 1 radical (unpaired) electrons. The van der Waals surface area contributed by atoms with Crippen molar-refractivity contribution >= 4 is 21.9 Å². The molecule has 2 aliphatic rings. The van der Waals surface area contributed by atoms with Gasteiger partial charge in [-0.3, -0.25) is 4.55 Å². The first-order valence-electron chi connectivity index (χ1n) is 11.5. The zero-order chi connectivity index (χ0) is 27.9. The van der Waals surface area contributed by atoms with Crippen LogP contribution in [-0.4, -0.2) is 41.5 Å². The first kappa shape index (κ1) is 31.8. The summed E-state index contributed by atoms with van der Waals surface area (Å²) in [6.07, 6.45) is 0. The number of nitrogens with zero attached hydrogens (tertiary/aromatic N) is 2. The van der Waals surface area contributed by atoms with Gasteiger partial charge in [0.15, 0.2) is 11.8 Å². The molecule has 12 heteroatoms. The Morgan fingerprint density at radius 1 is 0.763 bits per heavy atom. The molecule has 0 bridgehead atoms. The molecule has 2 atom stereocenters. The van der Waals surface area contributed by atoms with Gasteiger partial charge >= 0.3 is 15.6 Å². The van der Waals surface area contributed by atoms with Gasteiger partial charge in [-0.2, -0.15) is 21.6 Å². The minimum Gasteiger partial charge on any atom is -0.472 e. The Labute approximate surface area is 231 Å². The molecule has 2 aliphatic heterocycles. The van der Waals surface area contributed by atoms with Gasteiger partial charge in [-0.25, -0.2) is 9.98 Å². The quantitative estimate of drug-likeness (QED) is 0.251. The van der Waals surface area contributed by atoms with Crippen LogP contribution in [0.1, 0.15) is 64.8 Å². The molecule has 7 nitrogen and oxygen atoms in total. The van der Waals surface area contributed by atoms with Gasteiger partial charge in [0.1, 0.15) is 28.7 Å². The van der Waals surface area contributed by atoms with Crippen molar-refractivity contribution in [3.8, 4) is 0 Å². The third kappa shape index (κ3) is 6.77. The Kier molecular flexibility index (Phi) is 9.21. The number of rotatable bonds is 4. The molecule has 4 rings (SSSR count). The second-order valence-electron chi connectivity index (χ2n) is 10.5. The van der Waals surface area contributed by atoms with Crippen LogP contribution in [0.3, 0.4) is 0 Å². The van der Waals surface area contributed by atoms with Gasteiger partial charge in [-0.05, 0) is 52.7 Å². The van der Waals surface area contributed by atoms with E-state index in [2.05, 4.69) is 65.8 Å². The Morgan fingerprint density at radius 2 is 1.05 bits per heavy atom. The van der Waals surface area contributed by atoms with E-state index in [1.807, 2.05) is 36.4 Å². The third-order valence-corrected chi connectivity index (χ3v) is 6.71. The summed E-state index contributed by atoms with van der Waals surface area (Å²) in [5.74, 6) is 1.36. The van der Waals surface area contributed by atoms with Crippen LogP contribution < -0.4 is 0 Å². The number of alkyl halides is 3. The van der Waals surface area contributed by atoms with Crippen molar-refractivity contribution in [3.63, 3.8) is 0 Å². The Bertz CT molecular complexity index is 1200. The summed E-state index contributed by atoms with van der Waals surface area (Å²) in [6, 6.07) is 20.5. The predicted molar refractivity (Wildman–Crippen MR) is 135 cm³/mol. The van der Waals surface area contributed by atoms with E-state index in [9.17, 15) is 13.2 Å². The fourth-order valence-electron chi connectivity index (χ4n) is 4.10. The average molecular weight is 604 g/mol. The molecule has 213 valence electrons. The SMILES string of the molecule is CC(C)(C1=N[C@@H](c2ccccc2)C(C)(C)O1)C1=N[C@@H](c2ccccc2)C(C)(C)O1.O=S(=O)(O)C(F)(F)F.[Cu]. The average Bonchev–Trinajstić information content (AvgIpc) is 3.30. The van der Waals surface area contributed by atoms with Crippen LogP contribution in [0.25, 0.3) is 0 Å². The standard InChI is InChI=1S/C25H30N2O2.CHF3O3S.Cu/c1-23(2,21-26-19(24(3,4)28-21)17-13-9-7-10-14-17)22-27-20(25(5,6)29-22)18-15-11-8-12-16-18;2-1(3,4)8(5,6)7;/h7-16,19-20H,1-6H3;(H,5,6,7);/t19-,20-;;/m0../s1. The first-order chi connectivity index (χ1) is 16.9. The van der Waals surface area contributed by atoms with E-state index in [0.717, 1.165) is 11.1 Å². The maximum atomic E-state index is 10.7. The Balaban J connectivity index is 0.000000493. The van der Waals surface area contributed by atoms with Gasteiger partial charge in [0.2, 0.25) is 0 Å². The van der Waals surface area contributed by atoms with Crippen molar-refractivity contribution in [2.75, 3.05) is 0 Å². The molecule has 0 saturated heterocycles. The molecule has 0 saturated carbocycles. The van der Waals surface area contributed by atoms with E-state index >= 15 is 0 Å². The number of aliphatic imine (C=N–C) groups is 2. The zero-order valence-electron chi connectivity index (χ0n) is 21.7. The van der Waals surface area contributed by atoms with Crippen molar-refractivity contribution in [2.45, 2.75) is 70.3 Å². The summed E-state index contributed by atoms with van der Waals surface area (Å²) >= 11 is 0. The maximum Gasteiger partial charge on any atom is 0.522 e. The summed E-state index contributed by atoms with van der Waals surface area (Å²) < 4.78 is 70.3. The number of hydrogen-bond acceptors (Lipinski definition) is 6. The van der Waals surface area contributed by atoms with Crippen molar-refractivity contribution in [1.82, 2.24) is 0 Å². The van der Waals surface area contributed by atoms with Crippen molar-refractivity contribution in [1.29, 1.82) is 0 Å². The van der Waals surface area contributed by atoms with Crippen LogP contribution >= 0.6 is 0 Å². The summed E-state index contributed by atoms with van der Waals surface area (Å²) in [5, 5.41) is 0. The van der Waals surface area contributed by atoms with Crippen LogP contribution in [0.15, 0.2) is 70.6 Å². The molecule has 0 spiro atoms. The van der Waals surface area contributed by atoms with E-state index < -0.39 is 32.2 Å².